The Morgan fingerprint density at radius 2 is 2.27 bits per heavy atom. The minimum absolute atomic E-state index is 0.000129. The number of pyridine rings is 1. The van der Waals surface area contributed by atoms with Gasteiger partial charge < -0.3 is 10.2 Å². The van der Waals surface area contributed by atoms with Crippen LogP contribution >= 0.6 is 0 Å². The second-order valence-electron chi connectivity index (χ2n) is 6.48. The van der Waals surface area contributed by atoms with E-state index in [4.69, 9.17) is 0 Å². The van der Waals surface area contributed by atoms with E-state index in [0.717, 1.165) is 44.5 Å². The average molecular weight is 301 g/mol. The predicted octanol–water partition coefficient (Wildman–Crippen LogP) is 1.39. The summed E-state index contributed by atoms with van der Waals surface area (Å²) >= 11 is 0. The maximum absolute atomic E-state index is 12.5. The third-order valence-corrected chi connectivity index (χ3v) is 5.27. The summed E-state index contributed by atoms with van der Waals surface area (Å²) < 4.78 is 0. The van der Waals surface area contributed by atoms with Crippen molar-refractivity contribution in [2.75, 3.05) is 20.1 Å². The molecule has 1 N–H and O–H groups in total. The largest absolute Gasteiger partial charge is 0.359 e. The summed E-state index contributed by atoms with van der Waals surface area (Å²) in [7, 11) is 1.70. The van der Waals surface area contributed by atoms with E-state index in [9.17, 15) is 9.59 Å². The smallest absolute Gasteiger partial charge is 0.228 e. The molecule has 1 aromatic rings. The van der Waals surface area contributed by atoms with Crippen molar-refractivity contribution in [3.8, 4) is 0 Å². The zero-order valence-corrected chi connectivity index (χ0v) is 13.0. The Morgan fingerprint density at radius 1 is 1.41 bits per heavy atom. The first-order chi connectivity index (χ1) is 10.6. The molecule has 2 amide bonds. The molecule has 1 saturated carbocycles. The van der Waals surface area contributed by atoms with Crippen LogP contribution in [0.15, 0.2) is 24.4 Å². The highest BCUT2D eigenvalue weighted by atomic mass is 16.2. The lowest BCUT2D eigenvalue weighted by Gasteiger charge is -2.30. The maximum Gasteiger partial charge on any atom is 0.228 e. The van der Waals surface area contributed by atoms with Gasteiger partial charge in [-0.2, -0.15) is 0 Å². The lowest BCUT2D eigenvalue weighted by atomic mass is 9.76. The van der Waals surface area contributed by atoms with E-state index in [0.29, 0.717) is 6.42 Å². The van der Waals surface area contributed by atoms with Crippen molar-refractivity contribution in [1.29, 1.82) is 0 Å². The van der Waals surface area contributed by atoms with Gasteiger partial charge in [-0.15, -0.1) is 0 Å². The van der Waals surface area contributed by atoms with Gasteiger partial charge in [-0.1, -0.05) is 12.5 Å². The van der Waals surface area contributed by atoms with Gasteiger partial charge in [0.1, 0.15) is 0 Å². The molecule has 5 nitrogen and oxygen atoms in total. The van der Waals surface area contributed by atoms with Gasteiger partial charge in [-0.05, 0) is 31.4 Å². The third-order valence-electron chi connectivity index (χ3n) is 5.27. The van der Waals surface area contributed by atoms with Gasteiger partial charge in [0.15, 0.2) is 0 Å². The summed E-state index contributed by atoms with van der Waals surface area (Å²) in [5.41, 5.74) is 0.808. The number of nitrogens with zero attached hydrogens (tertiary/aromatic N) is 2. The molecule has 0 aromatic carbocycles. The number of aromatic nitrogens is 1. The summed E-state index contributed by atoms with van der Waals surface area (Å²) in [6.07, 6.45) is 6.09. The molecule has 1 saturated heterocycles. The SMILES string of the molecule is CNC(=O)[C@@H]1CCC[C@@]12CCN(C(=O)Cc1ccccn1)C2. The van der Waals surface area contributed by atoms with E-state index in [2.05, 4.69) is 10.3 Å². The number of nitrogens with one attached hydrogen (secondary N) is 1. The molecule has 2 fully saturated rings. The van der Waals surface area contributed by atoms with Crippen molar-refractivity contribution in [2.45, 2.75) is 32.1 Å². The zero-order valence-electron chi connectivity index (χ0n) is 13.0. The second kappa shape index (κ2) is 6.07. The van der Waals surface area contributed by atoms with Crippen molar-refractivity contribution in [2.24, 2.45) is 11.3 Å². The molecule has 1 aliphatic carbocycles. The molecule has 0 bridgehead atoms. The van der Waals surface area contributed by atoms with Crippen LogP contribution < -0.4 is 5.32 Å². The van der Waals surface area contributed by atoms with E-state index in [1.54, 1.807) is 13.2 Å². The van der Waals surface area contributed by atoms with E-state index in [1.807, 2.05) is 23.1 Å². The van der Waals surface area contributed by atoms with Gasteiger partial charge in [-0.25, -0.2) is 0 Å². The van der Waals surface area contributed by atoms with Gasteiger partial charge in [0.25, 0.3) is 0 Å². The fourth-order valence-corrected chi connectivity index (χ4v) is 4.09. The van der Waals surface area contributed by atoms with Crippen LogP contribution in [0.1, 0.15) is 31.4 Å². The monoisotopic (exact) mass is 301 g/mol. The Bertz CT molecular complexity index is 560. The maximum atomic E-state index is 12.5. The van der Waals surface area contributed by atoms with Gasteiger partial charge in [0, 0.05) is 43.4 Å². The van der Waals surface area contributed by atoms with Crippen molar-refractivity contribution in [3.63, 3.8) is 0 Å². The van der Waals surface area contributed by atoms with Crippen LogP contribution in [-0.2, 0) is 16.0 Å². The first kappa shape index (κ1) is 15.0. The van der Waals surface area contributed by atoms with E-state index < -0.39 is 0 Å². The number of hydrogen-bond acceptors (Lipinski definition) is 3. The average Bonchev–Trinajstić information content (AvgIpc) is 3.15. The molecule has 118 valence electrons. The minimum Gasteiger partial charge on any atom is -0.359 e. The molecule has 1 spiro atoms. The minimum atomic E-state index is -0.000129. The van der Waals surface area contributed by atoms with Crippen LogP contribution in [0, 0.1) is 11.3 Å². The number of likely N-dealkylation sites (tertiary alicyclic amines) is 1. The standard InChI is InChI=1S/C17H23N3O2/c1-18-16(22)14-6-4-7-17(14)8-10-20(12-17)15(21)11-13-5-2-3-9-19-13/h2-3,5,9,14H,4,6-8,10-12H2,1H3,(H,18,22)/t14-,17-/m0/s1. The zero-order chi connectivity index (χ0) is 15.6. The molecule has 0 radical (unpaired) electrons. The fourth-order valence-electron chi connectivity index (χ4n) is 4.09. The van der Waals surface area contributed by atoms with Crippen LogP contribution in [0.3, 0.4) is 0 Å². The molecule has 1 aliphatic heterocycles. The van der Waals surface area contributed by atoms with Crippen molar-refractivity contribution < 1.29 is 9.59 Å². The van der Waals surface area contributed by atoms with E-state index in [-0.39, 0.29) is 23.1 Å². The van der Waals surface area contributed by atoms with Gasteiger partial charge in [0.2, 0.25) is 11.8 Å². The van der Waals surface area contributed by atoms with E-state index >= 15 is 0 Å². The Balaban J connectivity index is 1.66. The van der Waals surface area contributed by atoms with E-state index in [1.165, 1.54) is 0 Å². The summed E-state index contributed by atoms with van der Waals surface area (Å²) in [5.74, 6) is 0.319. The summed E-state index contributed by atoms with van der Waals surface area (Å²) in [4.78, 5) is 30.8. The first-order valence-electron chi connectivity index (χ1n) is 8.04. The predicted molar refractivity (Wildman–Crippen MR) is 83.0 cm³/mol. The number of carbonyl (C=O) groups excluding carboxylic acids is 2. The van der Waals surface area contributed by atoms with Crippen molar-refractivity contribution >= 4 is 11.8 Å². The summed E-state index contributed by atoms with van der Waals surface area (Å²) in [6, 6.07) is 5.64. The van der Waals surface area contributed by atoms with Gasteiger partial charge in [0.05, 0.1) is 6.42 Å². The lowest BCUT2D eigenvalue weighted by Crippen LogP contribution is -2.40. The summed E-state index contributed by atoms with van der Waals surface area (Å²) in [6.45, 7) is 1.48. The molecule has 0 unspecified atom stereocenters. The van der Waals surface area contributed by atoms with Gasteiger partial charge >= 0.3 is 0 Å². The Morgan fingerprint density at radius 3 is 3.00 bits per heavy atom. The van der Waals surface area contributed by atoms with Crippen LogP contribution in [-0.4, -0.2) is 41.8 Å². The molecule has 5 heteroatoms. The van der Waals surface area contributed by atoms with Crippen LogP contribution in [0.4, 0.5) is 0 Å². The van der Waals surface area contributed by atoms with Crippen LogP contribution in [0.2, 0.25) is 0 Å². The van der Waals surface area contributed by atoms with Crippen molar-refractivity contribution in [1.82, 2.24) is 15.2 Å². The molecule has 1 aromatic heterocycles. The molecule has 2 aliphatic rings. The highest BCUT2D eigenvalue weighted by Crippen LogP contribution is 2.49. The molecule has 2 atom stereocenters. The van der Waals surface area contributed by atoms with Crippen LogP contribution in [0.25, 0.3) is 0 Å². The molecule has 3 rings (SSSR count). The Hall–Kier alpha value is -1.91. The number of amides is 2. The number of carbonyl (C=O) groups is 2. The molecule has 22 heavy (non-hydrogen) atoms. The summed E-state index contributed by atoms with van der Waals surface area (Å²) in [5, 5.41) is 2.79. The fraction of sp³-hybridized carbons (Fsp3) is 0.588. The number of rotatable bonds is 3. The Labute approximate surface area is 131 Å². The highest BCUT2D eigenvalue weighted by molar-refractivity contribution is 5.81. The van der Waals surface area contributed by atoms with Crippen molar-refractivity contribution in [3.05, 3.63) is 30.1 Å². The normalized spacial score (nSPS) is 27.3. The first-order valence-corrected chi connectivity index (χ1v) is 8.04. The van der Waals surface area contributed by atoms with Gasteiger partial charge in [-0.3, -0.25) is 14.6 Å². The van der Waals surface area contributed by atoms with Crippen LogP contribution in [0.5, 0.6) is 0 Å². The molecule has 2 heterocycles. The highest BCUT2D eigenvalue weighted by Gasteiger charge is 2.50. The Kier molecular flexibility index (Phi) is 4.14. The quantitative estimate of drug-likeness (QED) is 0.917. The third kappa shape index (κ3) is 2.72. The molecular weight excluding hydrogens is 278 g/mol. The second-order valence-corrected chi connectivity index (χ2v) is 6.48. The molecular formula is C17H23N3O2. The topological polar surface area (TPSA) is 62.3 Å². The number of hydrogen-bond donors (Lipinski definition) is 1. The lowest BCUT2D eigenvalue weighted by molar-refractivity contribution is -0.132.